The molecular formula is C17H24N6O. The number of nitrogens with zero attached hydrogens (tertiary/aromatic N) is 5. The molecule has 1 saturated heterocycles. The number of nitrogens with one attached hydrogen (secondary N) is 1. The van der Waals surface area contributed by atoms with Crippen molar-refractivity contribution in [2.24, 2.45) is 11.8 Å². The summed E-state index contributed by atoms with van der Waals surface area (Å²) in [5.74, 6) is 4.61. The van der Waals surface area contributed by atoms with Crippen LogP contribution in [0.1, 0.15) is 55.9 Å². The van der Waals surface area contributed by atoms with Gasteiger partial charge in [0.25, 0.3) is 0 Å². The van der Waals surface area contributed by atoms with Crippen molar-refractivity contribution in [3.05, 3.63) is 29.6 Å². The van der Waals surface area contributed by atoms with Crippen molar-refractivity contribution >= 4 is 5.95 Å². The Morgan fingerprint density at radius 3 is 2.79 bits per heavy atom. The molecule has 0 unspecified atom stereocenters. The molecule has 2 N–H and O–H groups in total. The van der Waals surface area contributed by atoms with E-state index in [-0.39, 0.29) is 6.61 Å². The lowest BCUT2D eigenvalue weighted by atomic mass is 9.91. The molecule has 4 rings (SSSR count). The zero-order valence-corrected chi connectivity index (χ0v) is 14.2. The summed E-state index contributed by atoms with van der Waals surface area (Å²) in [7, 11) is 0. The first kappa shape index (κ1) is 15.5. The lowest BCUT2D eigenvalue weighted by Crippen LogP contribution is -2.23. The number of aliphatic hydroxyl groups excluding tert-OH is 1. The number of rotatable bonds is 5. The van der Waals surface area contributed by atoms with Gasteiger partial charge in [0, 0.05) is 31.1 Å². The summed E-state index contributed by atoms with van der Waals surface area (Å²) in [5.41, 5.74) is 0.660. The van der Waals surface area contributed by atoms with Crippen LogP contribution in [0.15, 0.2) is 12.3 Å². The second-order valence-electron chi connectivity index (χ2n) is 7.25. The van der Waals surface area contributed by atoms with Gasteiger partial charge in [-0.1, -0.05) is 13.8 Å². The van der Waals surface area contributed by atoms with Gasteiger partial charge in [0.1, 0.15) is 5.82 Å². The Labute approximate surface area is 141 Å². The van der Waals surface area contributed by atoms with Crippen molar-refractivity contribution in [2.75, 3.05) is 18.0 Å². The minimum atomic E-state index is -0.0569. The molecule has 0 aromatic carbocycles. The van der Waals surface area contributed by atoms with E-state index in [4.69, 9.17) is 4.98 Å². The minimum absolute atomic E-state index is 0.0569. The molecule has 3 heterocycles. The van der Waals surface area contributed by atoms with Crippen molar-refractivity contribution in [3.8, 4) is 0 Å². The van der Waals surface area contributed by atoms with Gasteiger partial charge < -0.3 is 10.0 Å². The Hall–Kier alpha value is -2.02. The summed E-state index contributed by atoms with van der Waals surface area (Å²) in [6.45, 7) is 5.96. The summed E-state index contributed by atoms with van der Waals surface area (Å²) >= 11 is 0. The molecule has 0 spiro atoms. The Balaban J connectivity index is 1.59. The van der Waals surface area contributed by atoms with Crippen LogP contribution in [-0.4, -0.2) is 43.3 Å². The molecule has 2 fully saturated rings. The van der Waals surface area contributed by atoms with E-state index >= 15 is 0 Å². The van der Waals surface area contributed by atoms with E-state index in [9.17, 15) is 5.11 Å². The van der Waals surface area contributed by atoms with Crippen molar-refractivity contribution in [1.82, 2.24) is 25.1 Å². The summed E-state index contributed by atoms with van der Waals surface area (Å²) < 4.78 is 0. The fourth-order valence-corrected chi connectivity index (χ4v) is 3.62. The maximum absolute atomic E-state index is 9.31. The Morgan fingerprint density at radius 2 is 2.12 bits per heavy atom. The number of hydrogen-bond acceptors (Lipinski definition) is 6. The summed E-state index contributed by atoms with van der Waals surface area (Å²) in [6.07, 6.45) is 4.33. The average Bonchev–Trinajstić information content (AvgIpc) is 3.15. The number of anilines is 1. The number of aromatic nitrogens is 5. The van der Waals surface area contributed by atoms with Crippen LogP contribution in [-0.2, 0) is 6.61 Å². The quantitative estimate of drug-likeness (QED) is 0.870. The summed E-state index contributed by atoms with van der Waals surface area (Å²) in [5, 5.41) is 16.9. The molecule has 7 heteroatoms. The van der Waals surface area contributed by atoms with Crippen LogP contribution in [0.2, 0.25) is 0 Å². The molecule has 7 nitrogen and oxygen atoms in total. The Kier molecular flexibility index (Phi) is 3.96. The van der Waals surface area contributed by atoms with Gasteiger partial charge in [0.05, 0.1) is 12.3 Å². The van der Waals surface area contributed by atoms with E-state index in [0.717, 1.165) is 30.7 Å². The van der Waals surface area contributed by atoms with Gasteiger partial charge in [-0.15, -0.1) is 0 Å². The van der Waals surface area contributed by atoms with Gasteiger partial charge >= 0.3 is 0 Å². The molecule has 0 amide bonds. The van der Waals surface area contributed by atoms with Crippen molar-refractivity contribution in [3.63, 3.8) is 0 Å². The monoisotopic (exact) mass is 328 g/mol. The van der Waals surface area contributed by atoms with Crippen LogP contribution >= 0.6 is 0 Å². The van der Waals surface area contributed by atoms with Crippen LogP contribution < -0.4 is 4.90 Å². The molecule has 2 aromatic heterocycles. The predicted octanol–water partition coefficient (Wildman–Crippen LogP) is 1.84. The highest BCUT2D eigenvalue weighted by molar-refractivity contribution is 5.35. The zero-order valence-electron chi connectivity index (χ0n) is 14.2. The lowest BCUT2D eigenvalue weighted by molar-refractivity contribution is 0.276. The van der Waals surface area contributed by atoms with E-state index in [1.807, 2.05) is 0 Å². The third-order valence-corrected chi connectivity index (χ3v) is 5.13. The number of aliphatic hydroxyl groups is 1. The fourth-order valence-electron chi connectivity index (χ4n) is 3.62. The smallest absolute Gasteiger partial charge is 0.225 e. The molecule has 2 aromatic rings. The van der Waals surface area contributed by atoms with Gasteiger partial charge in [-0.25, -0.2) is 15.0 Å². The van der Waals surface area contributed by atoms with E-state index in [1.54, 1.807) is 12.3 Å². The highest BCUT2D eigenvalue weighted by Crippen LogP contribution is 2.47. The number of H-pyrrole nitrogens is 1. The van der Waals surface area contributed by atoms with Crippen LogP contribution in [0, 0.1) is 11.8 Å². The molecule has 0 bridgehead atoms. The number of aromatic amines is 1. The topological polar surface area (TPSA) is 90.8 Å². The molecule has 128 valence electrons. The first-order chi connectivity index (χ1) is 11.7. The van der Waals surface area contributed by atoms with Crippen molar-refractivity contribution in [1.29, 1.82) is 0 Å². The Morgan fingerprint density at radius 1 is 1.29 bits per heavy atom. The number of hydrogen-bond donors (Lipinski definition) is 2. The van der Waals surface area contributed by atoms with Gasteiger partial charge in [-0.3, -0.25) is 5.10 Å². The fraction of sp³-hybridized carbons (Fsp3) is 0.647. The predicted molar refractivity (Wildman–Crippen MR) is 89.6 cm³/mol. The Bertz CT molecular complexity index is 711. The molecule has 1 aliphatic heterocycles. The van der Waals surface area contributed by atoms with Gasteiger partial charge in [0.15, 0.2) is 5.82 Å². The third-order valence-electron chi connectivity index (χ3n) is 5.13. The van der Waals surface area contributed by atoms with Gasteiger partial charge in [-0.05, 0) is 30.7 Å². The van der Waals surface area contributed by atoms with Gasteiger partial charge in [-0.2, -0.15) is 5.10 Å². The molecule has 24 heavy (non-hydrogen) atoms. The summed E-state index contributed by atoms with van der Waals surface area (Å²) in [4.78, 5) is 15.8. The van der Waals surface area contributed by atoms with E-state index in [1.165, 1.54) is 12.8 Å². The molecule has 2 aliphatic rings. The second-order valence-corrected chi connectivity index (χ2v) is 7.25. The van der Waals surface area contributed by atoms with Crippen molar-refractivity contribution in [2.45, 2.75) is 45.1 Å². The standard InChI is InChI=1S/C17H24N6O/c1-10(2)15-20-16(22-21-15)14-8-23(7-13(14)11-3-4-11)17-18-6-5-12(9-24)19-17/h5-6,10-11,13-14,24H,3-4,7-9H2,1-2H3,(H,20,21,22)/t13-,14+/m1/s1. The normalized spacial score (nSPS) is 24.1. The summed E-state index contributed by atoms with van der Waals surface area (Å²) in [6, 6.07) is 1.75. The zero-order chi connectivity index (χ0) is 16.7. The van der Waals surface area contributed by atoms with Crippen LogP contribution in [0.4, 0.5) is 5.95 Å². The van der Waals surface area contributed by atoms with Crippen LogP contribution in [0.3, 0.4) is 0 Å². The molecule has 2 atom stereocenters. The molecule has 1 saturated carbocycles. The largest absolute Gasteiger partial charge is 0.390 e. The SMILES string of the molecule is CC(C)c1n[nH]c([C@H]2CN(c3nccc(CO)n3)C[C@@H]2C2CC2)n1. The molecular weight excluding hydrogens is 304 g/mol. The van der Waals surface area contributed by atoms with Gasteiger partial charge in [0.2, 0.25) is 5.95 Å². The van der Waals surface area contributed by atoms with Crippen LogP contribution in [0.5, 0.6) is 0 Å². The maximum Gasteiger partial charge on any atom is 0.225 e. The highest BCUT2D eigenvalue weighted by Gasteiger charge is 2.45. The second kappa shape index (κ2) is 6.12. The molecule has 1 aliphatic carbocycles. The van der Waals surface area contributed by atoms with E-state index in [2.05, 4.69) is 38.9 Å². The van der Waals surface area contributed by atoms with E-state index in [0.29, 0.717) is 29.4 Å². The highest BCUT2D eigenvalue weighted by atomic mass is 16.3. The first-order valence-electron chi connectivity index (χ1n) is 8.75. The van der Waals surface area contributed by atoms with Crippen molar-refractivity contribution < 1.29 is 5.11 Å². The van der Waals surface area contributed by atoms with E-state index < -0.39 is 0 Å². The lowest BCUT2D eigenvalue weighted by Gasteiger charge is -2.16. The maximum atomic E-state index is 9.31. The first-order valence-corrected chi connectivity index (χ1v) is 8.75. The molecule has 0 radical (unpaired) electrons. The third kappa shape index (κ3) is 2.88. The minimum Gasteiger partial charge on any atom is -0.390 e. The van der Waals surface area contributed by atoms with Crippen LogP contribution in [0.25, 0.3) is 0 Å². The average molecular weight is 328 g/mol.